The summed E-state index contributed by atoms with van der Waals surface area (Å²) in [6.45, 7) is 3.77. The second kappa shape index (κ2) is 6.55. The second-order valence-electron chi connectivity index (χ2n) is 4.69. The maximum absolute atomic E-state index is 11.9. The Morgan fingerprint density at radius 2 is 2.11 bits per heavy atom. The lowest BCUT2D eigenvalue weighted by Gasteiger charge is -2.16. The number of carbonyl (C=O) groups is 2. The van der Waals surface area contributed by atoms with Gasteiger partial charge in [0.15, 0.2) is 0 Å². The summed E-state index contributed by atoms with van der Waals surface area (Å²) in [5.41, 5.74) is 0.650. The molecule has 100 valence electrons. The van der Waals surface area contributed by atoms with Crippen LogP contribution in [0.2, 0.25) is 0 Å². The third-order valence-electron chi connectivity index (χ3n) is 2.56. The molecule has 0 radical (unpaired) electrons. The first-order valence-corrected chi connectivity index (χ1v) is 5.98. The van der Waals surface area contributed by atoms with Crippen LogP contribution in [0.5, 0.6) is 0 Å². The monoisotopic (exact) mass is 260 g/mol. The highest BCUT2D eigenvalue weighted by molar-refractivity contribution is 5.96. The minimum atomic E-state index is -1.06. The number of carboxylic acids is 1. The summed E-state index contributed by atoms with van der Waals surface area (Å²) in [7, 11) is 0. The lowest BCUT2D eigenvalue weighted by atomic mass is 10.0. The molecule has 19 heavy (non-hydrogen) atoms. The van der Waals surface area contributed by atoms with Gasteiger partial charge in [0.05, 0.1) is 11.6 Å². The number of nitrogens with one attached hydrogen (secondary N) is 1. The molecule has 0 spiro atoms. The van der Waals surface area contributed by atoms with E-state index in [1.165, 1.54) is 6.07 Å². The molecular weight excluding hydrogens is 244 g/mol. The summed E-state index contributed by atoms with van der Waals surface area (Å²) in [6, 6.07) is 7.17. The topological polar surface area (TPSA) is 90.2 Å². The number of carbonyl (C=O) groups excluding carboxylic acids is 1. The SMILES string of the molecule is CC(C)CC(NC(=O)c1cccc(C#N)c1)C(=O)O. The Morgan fingerprint density at radius 1 is 1.42 bits per heavy atom. The number of benzene rings is 1. The fourth-order valence-electron chi connectivity index (χ4n) is 1.66. The van der Waals surface area contributed by atoms with Gasteiger partial charge in [-0.2, -0.15) is 5.26 Å². The van der Waals surface area contributed by atoms with Gasteiger partial charge in [-0.25, -0.2) is 4.79 Å². The molecule has 0 saturated carbocycles. The number of nitriles is 1. The fourth-order valence-corrected chi connectivity index (χ4v) is 1.66. The third kappa shape index (κ3) is 4.43. The molecule has 1 rings (SSSR count). The Morgan fingerprint density at radius 3 is 2.63 bits per heavy atom. The molecule has 5 nitrogen and oxygen atoms in total. The van der Waals surface area contributed by atoms with Gasteiger partial charge in [0.25, 0.3) is 5.91 Å². The standard InChI is InChI=1S/C14H16N2O3/c1-9(2)6-12(14(18)19)16-13(17)11-5-3-4-10(7-11)8-15/h3-5,7,9,12H,6H2,1-2H3,(H,16,17)(H,18,19). The molecule has 1 unspecified atom stereocenters. The van der Waals surface area contributed by atoms with Crippen molar-refractivity contribution >= 4 is 11.9 Å². The van der Waals surface area contributed by atoms with E-state index in [0.717, 1.165) is 0 Å². The number of nitrogens with zero attached hydrogens (tertiary/aromatic N) is 1. The van der Waals surface area contributed by atoms with Crippen LogP contribution in [0.3, 0.4) is 0 Å². The number of aliphatic carboxylic acids is 1. The van der Waals surface area contributed by atoms with E-state index in [4.69, 9.17) is 10.4 Å². The smallest absolute Gasteiger partial charge is 0.326 e. The van der Waals surface area contributed by atoms with Crippen molar-refractivity contribution in [2.24, 2.45) is 5.92 Å². The van der Waals surface area contributed by atoms with Crippen molar-refractivity contribution in [2.75, 3.05) is 0 Å². The van der Waals surface area contributed by atoms with Crippen LogP contribution in [0.25, 0.3) is 0 Å². The number of amides is 1. The molecule has 0 aliphatic heterocycles. The van der Waals surface area contributed by atoms with Gasteiger partial charge in [0.1, 0.15) is 6.04 Å². The van der Waals surface area contributed by atoms with E-state index in [-0.39, 0.29) is 11.5 Å². The first kappa shape index (κ1) is 14.7. The van der Waals surface area contributed by atoms with Crippen LogP contribution < -0.4 is 5.32 Å². The van der Waals surface area contributed by atoms with Crippen molar-refractivity contribution in [1.82, 2.24) is 5.32 Å². The average molecular weight is 260 g/mol. The molecule has 1 aromatic carbocycles. The van der Waals surface area contributed by atoms with Gasteiger partial charge in [-0.1, -0.05) is 19.9 Å². The van der Waals surface area contributed by atoms with E-state index in [0.29, 0.717) is 12.0 Å². The summed E-state index contributed by atoms with van der Waals surface area (Å²) in [5.74, 6) is -1.38. The molecule has 0 fully saturated rings. The Labute approximate surface area is 111 Å². The van der Waals surface area contributed by atoms with Crippen LogP contribution >= 0.6 is 0 Å². The van der Waals surface area contributed by atoms with E-state index in [1.807, 2.05) is 19.9 Å². The van der Waals surface area contributed by atoms with Gasteiger partial charge >= 0.3 is 5.97 Å². The quantitative estimate of drug-likeness (QED) is 0.844. The maximum Gasteiger partial charge on any atom is 0.326 e. The molecule has 2 N–H and O–H groups in total. The fraction of sp³-hybridized carbons (Fsp3) is 0.357. The van der Waals surface area contributed by atoms with Crippen LogP contribution in [0.4, 0.5) is 0 Å². The number of hydrogen-bond donors (Lipinski definition) is 2. The average Bonchev–Trinajstić information content (AvgIpc) is 2.37. The Balaban J connectivity index is 2.82. The molecule has 0 aliphatic carbocycles. The predicted octanol–water partition coefficient (Wildman–Crippen LogP) is 1.79. The van der Waals surface area contributed by atoms with Crippen LogP contribution in [0, 0.1) is 17.2 Å². The van der Waals surface area contributed by atoms with Crippen LogP contribution in [-0.4, -0.2) is 23.0 Å². The normalized spacial score (nSPS) is 11.7. The molecule has 1 atom stereocenters. The van der Waals surface area contributed by atoms with E-state index in [9.17, 15) is 9.59 Å². The summed E-state index contributed by atoms with van der Waals surface area (Å²) in [6.07, 6.45) is 0.360. The molecular formula is C14H16N2O3. The van der Waals surface area contributed by atoms with Gasteiger partial charge in [-0.15, -0.1) is 0 Å². The van der Waals surface area contributed by atoms with Crippen molar-refractivity contribution in [1.29, 1.82) is 5.26 Å². The van der Waals surface area contributed by atoms with Crippen LogP contribution in [0.15, 0.2) is 24.3 Å². The van der Waals surface area contributed by atoms with Crippen molar-refractivity contribution in [3.63, 3.8) is 0 Å². The number of hydrogen-bond acceptors (Lipinski definition) is 3. The Bertz CT molecular complexity index is 518. The molecule has 0 saturated heterocycles. The lowest BCUT2D eigenvalue weighted by Crippen LogP contribution is -2.41. The van der Waals surface area contributed by atoms with E-state index in [1.54, 1.807) is 18.2 Å². The predicted molar refractivity (Wildman–Crippen MR) is 69.5 cm³/mol. The largest absolute Gasteiger partial charge is 0.480 e. The highest BCUT2D eigenvalue weighted by Crippen LogP contribution is 2.08. The van der Waals surface area contributed by atoms with Gasteiger partial charge in [-0.05, 0) is 30.5 Å². The van der Waals surface area contributed by atoms with E-state index in [2.05, 4.69) is 5.32 Å². The summed E-state index contributed by atoms with van der Waals surface area (Å²) >= 11 is 0. The van der Waals surface area contributed by atoms with Gasteiger partial charge < -0.3 is 10.4 Å². The maximum atomic E-state index is 11.9. The summed E-state index contributed by atoms with van der Waals surface area (Å²) < 4.78 is 0. The summed E-state index contributed by atoms with van der Waals surface area (Å²) in [4.78, 5) is 23.0. The molecule has 0 aliphatic rings. The minimum absolute atomic E-state index is 0.159. The third-order valence-corrected chi connectivity index (χ3v) is 2.56. The van der Waals surface area contributed by atoms with Crippen molar-refractivity contribution < 1.29 is 14.7 Å². The zero-order valence-electron chi connectivity index (χ0n) is 10.9. The van der Waals surface area contributed by atoms with Crippen LogP contribution in [-0.2, 0) is 4.79 Å². The minimum Gasteiger partial charge on any atom is -0.480 e. The van der Waals surface area contributed by atoms with Gasteiger partial charge in [0, 0.05) is 5.56 Å². The van der Waals surface area contributed by atoms with Gasteiger partial charge in [0.2, 0.25) is 0 Å². The summed E-state index contributed by atoms with van der Waals surface area (Å²) in [5, 5.41) is 20.3. The zero-order chi connectivity index (χ0) is 14.4. The van der Waals surface area contributed by atoms with Gasteiger partial charge in [-0.3, -0.25) is 4.79 Å². The van der Waals surface area contributed by atoms with Crippen molar-refractivity contribution in [3.8, 4) is 6.07 Å². The molecule has 1 amide bonds. The lowest BCUT2D eigenvalue weighted by molar-refractivity contribution is -0.139. The highest BCUT2D eigenvalue weighted by Gasteiger charge is 2.21. The van der Waals surface area contributed by atoms with Crippen molar-refractivity contribution in [3.05, 3.63) is 35.4 Å². The molecule has 1 aromatic rings. The first-order valence-electron chi connectivity index (χ1n) is 5.98. The van der Waals surface area contributed by atoms with Crippen molar-refractivity contribution in [2.45, 2.75) is 26.3 Å². The van der Waals surface area contributed by atoms with E-state index >= 15 is 0 Å². The molecule has 0 heterocycles. The number of carboxylic acid groups (broad SMARTS) is 1. The Kier molecular flexibility index (Phi) is 5.07. The zero-order valence-corrected chi connectivity index (χ0v) is 10.9. The highest BCUT2D eigenvalue weighted by atomic mass is 16.4. The number of rotatable bonds is 5. The molecule has 0 bridgehead atoms. The molecule has 0 aromatic heterocycles. The van der Waals surface area contributed by atoms with Crippen LogP contribution in [0.1, 0.15) is 36.2 Å². The first-order chi connectivity index (χ1) is 8.93. The van der Waals surface area contributed by atoms with E-state index < -0.39 is 17.9 Å². The molecule has 5 heteroatoms. The second-order valence-corrected chi connectivity index (χ2v) is 4.69. The Hall–Kier alpha value is -2.35.